The van der Waals surface area contributed by atoms with Gasteiger partial charge < -0.3 is 10.4 Å². The van der Waals surface area contributed by atoms with Crippen molar-refractivity contribution in [3.63, 3.8) is 0 Å². The standard InChI is InChI=1S/C6H11NO2/c1-4(6(8)9)5-2-3-7-5/h4-5,7H,2-3H2,1H3,(H,8,9). The third-order valence-corrected chi connectivity index (χ3v) is 1.85. The zero-order valence-electron chi connectivity index (χ0n) is 5.42. The van der Waals surface area contributed by atoms with Crippen molar-refractivity contribution in [1.82, 2.24) is 5.32 Å². The lowest BCUT2D eigenvalue weighted by Gasteiger charge is -2.30. The van der Waals surface area contributed by atoms with Crippen molar-refractivity contribution in [2.75, 3.05) is 6.54 Å². The number of carboxylic acid groups (broad SMARTS) is 1. The Balaban J connectivity index is 2.32. The van der Waals surface area contributed by atoms with Gasteiger partial charge in [-0.2, -0.15) is 0 Å². The van der Waals surface area contributed by atoms with E-state index in [9.17, 15) is 4.79 Å². The molecule has 0 amide bonds. The van der Waals surface area contributed by atoms with Crippen LogP contribution in [0.2, 0.25) is 0 Å². The Kier molecular flexibility index (Phi) is 1.71. The average molecular weight is 129 g/mol. The second-order valence-electron chi connectivity index (χ2n) is 2.48. The molecule has 1 heterocycles. The van der Waals surface area contributed by atoms with Crippen LogP contribution in [0.4, 0.5) is 0 Å². The summed E-state index contributed by atoms with van der Waals surface area (Å²) in [5.41, 5.74) is 0. The third-order valence-electron chi connectivity index (χ3n) is 1.85. The minimum absolute atomic E-state index is 0.223. The van der Waals surface area contributed by atoms with Crippen molar-refractivity contribution in [2.24, 2.45) is 5.92 Å². The molecule has 0 aromatic heterocycles. The van der Waals surface area contributed by atoms with Crippen LogP contribution in [-0.2, 0) is 4.79 Å². The molecule has 0 saturated carbocycles. The van der Waals surface area contributed by atoms with E-state index < -0.39 is 5.97 Å². The van der Waals surface area contributed by atoms with E-state index in [4.69, 9.17) is 5.11 Å². The zero-order valence-corrected chi connectivity index (χ0v) is 5.42. The second-order valence-corrected chi connectivity index (χ2v) is 2.48. The van der Waals surface area contributed by atoms with Crippen LogP contribution < -0.4 is 5.32 Å². The molecule has 0 spiro atoms. The van der Waals surface area contributed by atoms with E-state index in [1.807, 2.05) is 0 Å². The van der Waals surface area contributed by atoms with Crippen molar-refractivity contribution in [3.05, 3.63) is 0 Å². The first-order valence-corrected chi connectivity index (χ1v) is 3.18. The molecule has 1 saturated heterocycles. The lowest BCUT2D eigenvalue weighted by atomic mass is 9.94. The minimum atomic E-state index is -0.702. The predicted molar refractivity (Wildman–Crippen MR) is 33.2 cm³/mol. The summed E-state index contributed by atoms with van der Waals surface area (Å²) >= 11 is 0. The van der Waals surface area contributed by atoms with Gasteiger partial charge in [0.1, 0.15) is 0 Å². The van der Waals surface area contributed by atoms with Gasteiger partial charge in [0.2, 0.25) is 0 Å². The number of aliphatic carboxylic acids is 1. The first kappa shape index (κ1) is 6.55. The summed E-state index contributed by atoms with van der Waals surface area (Å²) < 4.78 is 0. The molecule has 3 nitrogen and oxygen atoms in total. The van der Waals surface area contributed by atoms with E-state index in [0.717, 1.165) is 13.0 Å². The number of carbonyl (C=O) groups is 1. The first-order chi connectivity index (χ1) is 4.22. The molecule has 1 fully saturated rings. The van der Waals surface area contributed by atoms with Crippen molar-refractivity contribution in [1.29, 1.82) is 0 Å². The molecule has 2 unspecified atom stereocenters. The quantitative estimate of drug-likeness (QED) is 0.554. The van der Waals surface area contributed by atoms with Gasteiger partial charge in [-0.25, -0.2) is 0 Å². The highest BCUT2D eigenvalue weighted by atomic mass is 16.4. The normalized spacial score (nSPS) is 28.8. The molecular weight excluding hydrogens is 118 g/mol. The Hall–Kier alpha value is -0.570. The van der Waals surface area contributed by atoms with E-state index in [-0.39, 0.29) is 12.0 Å². The van der Waals surface area contributed by atoms with Gasteiger partial charge in [-0.3, -0.25) is 4.79 Å². The zero-order chi connectivity index (χ0) is 6.85. The van der Waals surface area contributed by atoms with Gasteiger partial charge in [0, 0.05) is 6.04 Å². The molecule has 1 aliphatic heterocycles. The fraction of sp³-hybridized carbons (Fsp3) is 0.833. The molecular formula is C6H11NO2. The highest BCUT2D eigenvalue weighted by molar-refractivity contribution is 5.70. The molecule has 2 atom stereocenters. The number of hydrogen-bond donors (Lipinski definition) is 2. The maximum absolute atomic E-state index is 10.3. The van der Waals surface area contributed by atoms with Crippen LogP contribution in [0.1, 0.15) is 13.3 Å². The molecule has 0 aliphatic carbocycles. The summed E-state index contributed by atoms with van der Waals surface area (Å²) in [6, 6.07) is 0.225. The topological polar surface area (TPSA) is 49.3 Å². The van der Waals surface area contributed by atoms with Gasteiger partial charge in [0.25, 0.3) is 0 Å². The Morgan fingerprint density at radius 1 is 1.89 bits per heavy atom. The SMILES string of the molecule is CC(C(=O)O)C1CCN1. The monoisotopic (exact) mass is 129 g/mol. The van der Waals surface area contributed by atoms with E-state index in [1.165, 1.54) is 0 Å². The van der Waals surface area contributed by atoms with Crippen LogP contribution in [-0.4, -0.2) is 23.7 Å². The second kappa shape index (κ2) is 2.35. The molecule has 0 aromatic rings. The van der Waals surface area contributed by atoms with Crippen LogP contribution in [0.25, 0.3) is 0 Å². The van der Waals surface area contributed by atoms with E-state index in [0.29, 0.717) is 0 Å². The highest BCUT2D eigenvalue weighted by Gasteiger charge is 2.27. The number of carboxylic acids is 1. The average Bonchev–Trinajstić information content (AvgIpc) is 1.60. The predicted octanol–water partition coefficient (Wildman–Crippen LogP) is 0.0690. The molecule has 1 aliphatic rings. The summed E-state index contributed by atoms with van der Waals surface area (Å²) in [6.45, 7) is 2.71. The van der Waals surface area contributed by atoms with Crippen LogP contribution in [0, 0.1) is 5.92 Å². The van der Waals surface area contributed by atoms with E-state index in [1.54, 1.807) is 6.92 Å². The lowest BCUT2D eigenvalue weighted by Crippen LogP contribution is -2.49. The summed E-state index contributed by atoms with van der Waals surface area (Å²) in [5.74, 6) is -0.925. The smallest absolute Gasteiger partial charge is 0.307 e. The molecule has 0 bridgehead atoms. The van der Waals surface area contributed by atoms with Gasteiger partial charge >= 0.3 is 5.97 Å². The van der Waals surface area contributed by atoms with Crippen LogP contribution >= 0.6 is 0 Å². The van der Waals surface area contributed by atoms with Crippen LogP contribution in [0.15, 0.2) is 0 Å². The molecule has 9 heavy (non-hydrogen) atoms. The first-order valence-electron chi connectivity index (χ1n) is 3.18. The van der Waals surface area contributed by atoms with Gasteiger partial charge in [-0.05, 0) is 13.0 Å². The Morgan fingerprint density at radius 3 is 2.56 bits per heavy atom. The van der Waals surface area contributed by atoms with Gasteiger partial charge in [0.05, 0.1) is 5.92 Å². The van der Waals surface area contributed by atoms with Gasteiger partial charge in [-0.1, -0.05) is 6.92 Å². The molecule has 0 radical (unpaired) electrons. The Morgan fingerprint density at radius 2 is 2.44 bits per heavy atom. The lowest BCUT2D eigenvalue weighted by molar-refractivity contribution is -0.142. The molecule has 3 heteroatoms. The van der Waals surface area contributed by atoms with E-state index >= 15 is 0 Å². The van der Waals surface area contributed by atoms with Gasteiger partial charge in [-0.15, -0.1) is 0 Å². The largest absolute Gasteiger partial charge is 0.481 e. The summed E-state index contributed by atoms with van der Waals surface area (Å²) in [5, 5.41) is 11.5. The Labute approximate surface area is 54.1 Å². The third kappa shape index (κ3) is 1.21. The number of rotatable bonds is 2. The number of hydrogen-bond acceptors (Lipinski definition) is 2. The summed E-state index contributed by atoms with van der Waals surface area (Å²) in [4.78, 5) is 10.3. The van der Waals surface area contributed by atoms with Crippen molar-refractivity contribution >= 4 is 5.97 Å². The van der Waals surface area contributed by atoms with Crippen LogP contribution in [0.3, 0.4) is 0 Å². The highest BCUT2D eigenvalue weighted by Crippen LogP contribution is 2.12. The molecule has 0 aromatic carbocycles. The minimum Gasteiger partial charge on any atom is -0.481 e. The number of nitrogens with one attached hydrogen (secondary N) is 1. The fourth-order valence-electron chi connectivity index (χ4n) is 0.910. The van der Waals surface area contributed by atoms with Crippen molar-refractivity contribution in [3.8, 4) is 0 Å². The molecule has 52 valence electrons. The fourth-order valence-corrected chi connectivity index (χ4v) is 0.910. The van der Waals surface area contributed by atoms with Crippen LogP contribution in [0.5, 0.6) is 0 Å². The summed E-state index contributed by atoms with van der Waals surface area (Å²) in [6.07, 6.45) is 1.01. The summed E-state index contributed by atoms with van der Waals surface area (Å²) in [7, 11) is 0. The maximum Gasteiger partial charge on any atom is 0.307 e. The van der Waals surface area contributed by atoms with Gasteiger partial charge in [0.15, 0.2) is 0 Å². The maximum atomic E-state index is 10.3. The van der Waals surface area contributed by atoms with E-state index in [2.05, 4.69) is 5.32 Å². The van der Waals surface area contributed by atoms with Crippen molar-refractivity contribution in [2.45, 2.75) is 19.4 Å². The Bertz CT molecular complexity index is 120. The molecule has 2 N–H and O–H groups in total. The van der Waals surface area contributed by atoms with Crippen molar-refractivity contribution < 1.29 is 9.90 Å². The molecule has 1 rings (SSSR count).